The molecule has 0 radical (unpaired) electrons. The minimum Gasteiger partial charge on any atom is -0.475 e. The van der Waals surface area contributed by atoms with Gasteiger partial charge in [0.25, 0.3) is 0 Å². The van der Waals surface area contributed by atoms with Crippen molar-refractivity contribution in [1.82, 2.24) is 0 Å². The average molecular weight is 296 g/mol. The van der Waals surface area contributed by atoms with Crippen LogP contribution in [-0.4, -0.2) is 11.1 Å². The molecule has 0 fully saturated rings. The molecule has 2 aromatic carbocycles. The molecule has 0 saturated heterocycles. The number of rotatable bonds is 2. The molecule has 3 nitrogen and oxygen atoms in total. The van der Waals surface area contributed by atoms with Crippen molar-refractivity contribution in [2.75, 3.05) is 0 Å². The summed E-state index contributed by atoms with van der Waals surface area (Å²) in [5, 5.41) is 7.86. The largest absolute Gasteiger partial charge is 0.475 e. The molecule has 0 spiro atoms. The van der Waals surface area contributed by atoms with Gasteiger partial charge in [0, 0.05) is 0 Å². The van der Waals surface area contributed by atoms with E-state index in [9.17, 15) is 4.79 Å². The van der Waals surface area contributed by atoms with Crippen molar-refractivity contribution in [3.8, 4) is 11.1 Å². The fraction of sp³-hybridized carbons (Fsp3) is 0.211. The van der Waals surface area contributed by atoms with Crippen molar-refractivity contribution in [3.63, 3.8) is 0 Å². The Kier molecular flexibility index (Phi) is 4.66. The quantitative estimate of drug-likeness (QED) is 0.885. The Labute approximate surface area is 130 Å². The summed E-state index contributed by atoms with van der Waals surface area (Å²) in [6.07, 6.45) is 1.18. The topological polar surface area (TPSA) is 49.8 Å². The van der Waals surface area contributed by atoms with Gasteiger partial charge in [-0.3, -0.25) is 0 Å². The van der Waals surface area contributed by atoms with Gasteiger partial charge in [-0.25, -0.2) is 4.79 Å². The van der Waals surface area contributed by atoms with E-state index in [1.807, 2.05) is 0 Å². The van der Waals surface area contributed by atoms with Crippen LogP contribution in [0.5, 0.6) is 0 Å². The SMILES string of the molecule is Cc1cc(-c2ccccc2)c(C)c(C)c1C.O=C(O)C1=CO1. The van der Waals surface area contributed by atoms with Crippen molar-refractivity contribution in [1.29, 1.82) is 0 Å². The minimum atomic E-state index is -0.991. The van der Waals surface area contributed by atoms with Crippen LogP contribution in [0.25, 0.3) is 11.1 Å². The summed E-state index contributed by atoms with van der Waals surface area (Å²) in [7, 11) is 0. The maximum Gasteiger partial charge on any atom is 0.375 e. The summed E-state index contributed by atoms with van der Waals surface area (Å²) in [5.74, 6) is -0.940. The molecule has 1 aliphatic rings. The van der Waals surface area contributed by atoms with E-state index < -0.39 is 5.97 Å². The lowest BCUT2D eigenvalue weighted by atomic mass is 9.91. The third-order valence-corrected chi connectivity index (χ3v) is 4.01. The monoisotopic (exact) mass is 296 g/mol. The third-order valence-electron chi connectivity index (χ3n) is 4.01. The molecule has 22 heavy (non-hydrogen) atoms. The zero-order chi connectivity index (χ0) is 16.3. The Morgan fingerprint density at radius 3 is 2.00 bits per heavy atom. The number of ether oxygens (including phenoxy) is 1. The summed E-state index contributed by atoms with van der Waals surface area (Å²) in [5.41, 5.74) is 8.28. The minimum absolute atomic E-state index is 0.0509. The van der Waals surface area contributed by atoms with Crippen LogP contribution >= 0.6 is 0 Å². The van der Waals surface area contributed by atoms with Crippen LogP contribution < -0.4 is 0 Å². The van der Waals surface area contributed by atoms with Crippen LogP contribution in [-0.2, 0) is 9.53 Å². The average Bonchev–Trinajstić information content (AvgIpc) is 3.35. The molecular weight excluding hydrogens is 276 g/mol. The van der Waals surface area contributed by atoms with Crippen LogP contribution in [0.15, 0.2) is 48.4 Å². The zero-order valence-electron chi connectivity index (χ0n) is 13.3. The third kappa shape index (κ3) is 3.55. The Morgan fingerprint density at radius 1 is 0.955 bits per heavy atom. The molecule has 1 heterocycles. The van der Waals surface area contributed by atoms with Crippen LogP contribution in [0.4, 0.5) is 0 Å². The Bertz CT molecular complexity index is 728. The summed E-state index contributed by atoms with van der Waals surface area (Å²) in [4.78, 5) is 9.57. The van der Waals surface area contributed by atoms with E-state index in [0.29, 0.717) is 0 Å². The van der Waals surface area contributed by atoms with Crippen LogP contribution in [0.1, 0.15) is 22.3 Å². The number of hydrogen-bond donors (Lipinski definition) is 1. The Hall–Kier alpha value is -2.55. The molecule has 0 unspecified atom stereocenters. The molecule has 0 aromatic heterocycles. The van der Waals surface area contributed by atoms with Gasteiger partial charge < -0.3 is 9.84 Å². The van der Waals surface area contributed by atoms with Crippen LogP contribution in [0.2, 0.25) is 0 Å². The molecule has 1 N–H and O–H groups in total. The van der Waals surface area contributed by atoms with Gasteiger partial charge in [-0.1, -0.05) is 36.4 Å². The molecule has 0 saturated carbocycles. The zero-order valence-corrected chi connectivity index (χ0v) is 13.3. The van der Waals surface area contributed by atoms with Gasteiger partial charge in [-0.15, -0.1) is 0 Å². The number of benzene rings is 2. The molecule has 1 aliphatic heterocycles. The van der Waals surface area contributed by atoms with Gasteiger partial charge in [0.15, 0.2) is 0 Å². The predicted octanol–water partition coefficient (Wildman–Crippen LogP) is 4.53. The molecule has 0 atom stereocenters. The van der Waals surface area contributed by atoms with Gasteiger partial charge in [0.2, 0.25) is 5.76 Å². The molecule has 0 aliphatic carbocycles. The lowest BCUT2D eigenvalue weighted by Crippen LogP contribution is -1.94. The van der Waals surface area contributed by atoms with E-state index in [2.05, 4.69) is 68.8 Å². The van der Waals surface area contributed by atoms with Crippen molar-refractivity contribution in [2.45, 2.75) is 27.7 Å². The number of hydrogen-bond acceptors (Lipinski definition) is 2. The highest BCUT2D eigenvalue weighted by Gasteiger charge is 2.17. The highest BCUT2D eigenvalue weighted by Crippen LogP contribution is 2.29. The summed E-state index contributed by atoms with van der Waals surface area (Å²) < 4.78 is 4.16. The number of carboxylic acids is 1. The maximum atomic E-state index is 9.57. The van der Waals surface area contributed by atoms with Crippen molar-refractivity contribution < 1.29 is 14.6 Å². The first-order chi connectivity index (χ1) is 10.4. The summed E-state index contributed by atoms with van der Waals surface area (Å²) in [6, 6.07) is 12.9. The Morgan fingerprint density at radius 2 is 1.55 bits per heavy atom. The van der Waals surface area contributed by atoms with Gasteiger partial charge in [-0.05, 0) is 61.1 Å². The second-order valence-electron chi connectivity index (χ2n) is 5.39. The summed E-state index contributed by atoms with van der Waals surface area (Å²) >= 11 is 0. The maximum absolute atomic E-state index is 9.57. The molecular formula is C19H20O3. The smallest absolute Gasteiger partial charge is 0.375 e. The Balaban J connectivity index is 0.000000246. The molecule has 114 valence electrons. The van der Waals surface area contributed by atoms with E-state index >= 15 is 0 Å². The highest BCUT2D eigenvalue weighted by molar-refractivity contribution is 5.86. The predicted molar refractivity (Wildman–Crippen MR) is 87.6 cm³/mol. The van der Waals surface area contributed by atoms with E-state index in [-0.39, 0.29) is 5.76 Å². The van der Waals surface area contributed by atoms with E-state index in [1.165, 1.54) is 39.6 Å². The second kappa shape index (κ2) is 6.48. The summed E-state index contributed by atoms with van der Waals surface area (Å²) in [6.45, 7) is 8.81. The molecule has 0 amide bonds. The number of aliphatic carboxylic acids is 1. The number of carbonyl (C=O) groups is 1. The number of carboxylic acid groups (broad SMARTS) is 1. The van der Waals surface area contributed by atoms with Crippen molar-refractivity contribution in [3.05, 3.63) is 70.7 Å². The normalized spacial score (nSPS) is 11.7. The van der Waals surface area contributed by atoms with Crippen molar-refractivity contribution in [2.24, 2.45) is 0 Å². The fourth-order valence-electron chi connectivity index (χ4n) is 2.26. The van der Waals surface area contributed by atoms with Crippen LogP contribution in [0, 0.1) is 27.7 Å². The van der Waals surface area contributed by atoms with E-state index in [1.54, 1.807) is 0 Å². The fourth-order valence-corrected chi connectivity index (χ4v) is 2.26. The van der Waals surface area contributed by atoms with E-state index in [0.717, 1.165) is 0 Å². The van der Waals surface area contributed by atoms with Gasteiger partial charge in [0.05, 0.1) is 0 Å². The van der Waals surface area contributed by atoms with Crippen LogP contribution in [0.3, 0.4) is 0 Å². The highest BCUT2D eigenvalue weighted by atomic mass is 16.6. The first-order valence-electron chi connectivity index (χ1n) is 7.14. The van der Waals surface area contributed by atoms with Crippen molar-refractivity contribution >= 4 is 5.97 Å². The standard InChI is InChI=1S/C16H18.C3H2O3/c1-11-10-16(14(4)13(3)12(11)2)15-8-6-5-7-9-15;4-3(5)2-1-6-2/h5-10H,1-4H3;1H,(H,4,5). The molecule has 0 bridgehead atoms. The second-order valence-corrected chi connectivity index (χ2v) is 5.39. The first kappa shape index (κ1) is 15.8. The van der Waals surface area contributed by atoms with Gasteiger partial charge in [0.1, 0.15) is 6.26 Å². The van der Waals surface area contributed by atoms with Gasteiger partial charge >= 0.3 is 5.97 Å². The van der Waals surface area contributed by atoms with E-state index in [4.69, 9.17) is 5.11 Å². The molecule has 3 heteroatoms. The molecule has 3 rings (SSSR count). The molecule has 2 aromatic rings. The lowest BCUT2D eigenvalue weighted by Gasteiger charge is -2.14. The number of aryl methyl sites for hydroxylation is 1. The lowest BCUT2D eigenvalue weighted by molar-refractivity contribution is -0.133. The first-order valence-corrected chi connectivity index (χ1v) is 7.14. The van der Waals surface area contributed by atoms with Gasteiger partial charge in [-0.2, -0.15) is 0 Å².